The molecule has 1 aliphatic carbocycles. The number of hydrogen-bond acceptors (Lipinski definition) is 5. The van der Waals surface area contributed by atoms with Crippen molar-refractivity contribution in [2.45, 2.75) is 60.0 Å². The first kappa shape index (κ1) is 22.0. The molecular weight excluding hydrogens is 332 g/mol. The highest BCUT2D eigenvalue weighted by Gasteiger charge is 2.52. The molecule has 0 spiro atoms. The molecule has 0 bridgehead atoms. The largest absolute Gasteiger partial charge is 0.507 e. The molecule has 0 radical (unpaired) electrons. The summed E-state index contributed by atoms with van der Waals surface area (Å²) < 4.78 is 0. The highest BCUT2D eigenvalue weighted by Crippen LogP contribution is 2.35. The number of aliphatic hydroxyl groups excluding tert-OH is 1. The van der Waals surface area contributed by atoms with Crippen molar-refractivity contribution in [3.05, 3.63) is 35.1 Å². The average Bonchev–Trinajstić information content (AvgIpc) is 2.50. The van der Waals surface area contributed by atoms with Crippen molar-refractivity contribution in [3.63, 3.8) is 0 Å². The SMILES string of the molecule is CC(C)=CCC1C(=O)C(C(=O)CC(C)C)=C(O)C(O)(/C=C/C(C)C)C1=O. The maximum atomic E-state index is 12.8. The van der Waals surface area contributed by atoms with Crippen molar-refractivity contribution in [3.8, 4) is 0 Å². The van der Waals surface area contributed by atoms with Crippen molar-refractivity contribution in [1.29, 1.82) is 0 Å². The number of allylic oxidation sites excluding steroid dienone is 4. The Hall–Kier alpha value is -2.01. The van der Waals surface area contributed by atoms with Crippen LogP contribution < -0.4 is 0 Å². The van der Waals surface area contributed by atoms with Gasteiger partial charge < -0.3 is 10.2 Å². The lowest BCUT2D eigenvalue weighted by molar-refractivity contribution is -0.143. The summed E-state index contributed by atoms with van der Waals surface area (Å²) in [6.45, 7) is 11.0. The fraction of sp³-hybridized carbons (Fsp3) is 0.571. The Morgan fingerprint density at radius 3 is 2.23 bits per heavy atom. The van der Waals surface area contributed by atoms with E-state index in [1.54, 1.807) is 12.2 Å². The van der Waals surface area contributed by atoms with Crippen LogP contribution in [0.5, 0.6) is 0 Å². The first-order valence-corrected chi connectivity index (χ1v) is 9.02. The van der Waals surface area contributed by atoms with Crippen LogP contribution in [-0.4, -0.2) is 33.2 Å². The van der Waals surface area contributed by atoms with Crippen molar-refractivity contribution < 1.29 is 24.6 Å². The molecule has 5 nitrogen and oxygen atoms in total. The minimum absolute atomic E-state index is 0.0169. The van der Waals surface area contributed by atoms with Crippen LogP contribution in [0.15, 0.2) is 35.1 Å². The third-order valence-electron chi connectivity index (χ3n) is 4.21. The van der Waals surface area contributed by atoms with E-state index in [-0.39, 0.29) is 24.7 Å². The van der Waals surface area contributed by atoms with E-state index >= 15 is 0 Å². The van der Waals surface area contributed by atoms with Gasteiger partial charge in [0, 0.05) is 6.42 Å². The van der Waals surface area contributed by atoms with Crippen molar-refractivity contribution in [2.24, 2.45) is 17.8 Å². The van der Waals surface area contributed by atoms with Crippen molar-refractivity contribution in [2.75, 3.05) is 0 Å². The second-order valence-corrected chi connectivity index (χ2v) is 7.91. The van der Waals surface area contributed by atoms with Crippen LogP contribution >= 0.6 is 0 Å². The number of aliphatic hydroxyl groups is 2. The number of carbonyl (C=O) groups excluding carboxylic acids is 3. The lowest BCUT2D eigenvalue weighted by Crippen LogP contribution is -2.51. The zero-order valence-electron chi connectivity index (χ0n) is 16.5. The molecular formula is C21H30O5. The summed E-state index contributed by atoms with van der Waals surface area (Å²) in [5.41, 5.74) is -1.87. The van der Waals surface area contributed by atoms with Gasteiger partial charge in [-0.15, -0.1) is 0 Å². The Labute approximate surface area is 155 Å². The van der Waals surface area contributed by atoms with Gasteiger partial charge in [-0.25, -0.2) is 0 Å². The van der Waals surface area contributed by atoms with Gasteiger partial charge in [-0.3, -0.25) is 14.4 Å². The van der Waals surface area contributed by atoms with E-state index in [1.807, 2.05) is 41.5 Å². The lowest BCUT2D eigenvalue weighted by atomic mass is 9.72. The number of hydrogen-bond donors (Lipinski definition) is 2. The summed E-state index contributed by atoms with van der Waals surface area (Å²) >= 11 is 0. The van der Waals surface area contributed by atoms with Gasteiger partial charge in [0.05, 0.1) is 5.92 Å². The second-order valence-electron chi connectivity index (χ2n) is 7.91. The summed E-state index contributed by atoms with van der Waals surface area (Å²) in [4.78, 5) is 38.2. The van der Waals surface area contributed by atoms with Gasteiger partial charge in [-0.2, -0.15) is 0 Å². The summed E-state index contributed by atoms with van der Waals surface area (Å²) in [6.07, 6.45) is 4.63. The number of rotatable bonds is 7. The standard InChI is InChI=1S/C21H30O5/c1-12(2)7-8-15-18(23)17(16(22)11-14(5)6)20(25)21(26,19(15)24)10-9-13(3)4/h7,9-10,13-15,25-26H,8,11H2,1-6H3/b10-9+. The minimum Gasteiger partial charge on any atom is -0.507 e. The van der Waals surface area contributed by atoms with Gasteiger partial charge in [0.2, 0.25) is 0 Å². The maximum Gasteiger partial charge on any atom is 0.200 e. The van der Waals surface area contributed by atoms with Crippen LogP contribution in [-0.2, 0) is 14.4 Å². The van der Waals surface area contributed by atoms with Crippen LogP contribution in [0.3, 0.4) is 0 Å². The van der Waals surface area contributed by atoms with E-state index in [9.17, 15) is 24.6 Å². The lowest BCUT2D eigenvalue weighted by Gasteiger charge is -2.33. The summed E-state index contributed by atoms with van der Waals surface area (Å²) in [5.74, 6) is -4.09. The number of carbonyl (C=O) groups is 3. The van der Waals surface area contributed by atoms with Gasteiger partial charge >= 0.3 is 0 Å². The van der Waals surface area contributed by atoms with E-state index in [1.165, 1.54) is 6.08 Å². The second kappa shape index (κ2) is 8.58. The Morgan fingerprint density at radius 1 is 1.19 bits per heavy atom. The molecule has 2 unspecified atom stereocenters. The molecule has 0 heterocycles. The zero-order valence-corrected chi connectivity index (χ0v) is 16.5. The van der Waals surface area contributed by atoms with Gasteiger partial charge in [-0.1, -0.05) is 45.4 Å². The van der Waals surface area contributed by atoms with E-state index in [4.69, 9.17) is 0 Å². The van der Waals surface area contributed by atoms with E-state index in [0.29, 0.717) is 0 Å². The van der Waals surface area contributed by atoms with Gasteiger partial charge in [-0.05, 0) is 38.2 Å². The molecule has 144 valence electrons. The molecule has 0 saturated heterocycles. The van der Waals surface area contributed by atoms with Crippen LogP contribution in [0.2, 0.25) is 0 Å². The third-order valence-corrected chi connectivity index (χ3v) is 4.21. The number of ketones is 3. The molecule has 0 aromatic rings. The molecule has 1 aliphatic rings. The maximum absolute atomic E-state index is 12.8. The van der Waals surface area contributed by atoms with Gasteiger partial charge in [0.1, 0.15) is 5.57 Å². The zero-order chi connectivity index (χ0) is 20.2. The van der Waals surface area contributed by atoms with Crippen LogP contribution in [0, 0.1) is 17.8 Å². The molecule has 0 saturated carbocycles. The summed E-state index contributed by atoms with van der Waals surface area (Å²) in [5, 5.41) is 21.4. The molecule has 5 heteroatoms. The molecule has 0 aromatic heterocycles. The predicted molar refractivity (Wildman–Crippen MR) is 101 cm³/mol. The highest BCUT2D eigenvalue weighted by atomic mass is 16.3. The Bertz CT molecular complexity index is 675. The molecule has 0 amide bonds. The highest BCUT2D eigenvalue weighted by molar-refractivity contribution is 6.29. The van der Waals surface area contributed by atoms with E-state index in [0.717, 1.165) is 5.57 Å². The molecule has 0 fully saturated rings. The fourth-order valence-electron chi connectivity index (χ4n) is 2.79. The topological polar surface area (TPSA) is 91.7 Å². The van der Waals surface area contributed by atoms with Crippen molar-refractivity contribution in [1.82, 2.24) is 0 Å². The Kier molecular flexibility index (Phi) is 7.27. The molecule has 1 rings (SSSR count). The predicted octanol–water partition coefficient (Wildman–Crippen LogP) is 3.48. The van der Waals surface area contributed by atoms with Crippen LogP contribution in [0.25, 0.3) is 0 Å². The van der Waals surface area contributed by atoms with Crippen LogP contribution in [0.1, 0.15) is 54.4 Å². The quantitative estimate of drug-likeness (QED) is 0.411. The minimum atomic E-state index is -2.35. The first-order valence-electron chi connectivity index (χ1n) is 9.02. The third kappa shape index (κ3) is 4.79. The van der Waals surface area contributed by atoms with Gasteiger partial charge in [0.15, 0.2) is 28.7 Å². The summed E-state index contributed by atoms with van der Waals surface area (Å²) in [7, 11) is 0. The fourth-order valence-corrected chi connectivity index (χ4v) is 2.79. The average molecular weight is 362 g/mol. The number of Topliss-reactive ketones (excluding diaryl/α,β-unsaturated/α-hetero) is 3. The molecule has 26 heavy (non-hydrogen) atoms. The van der Waals surface area contributed by atoms with E-state index in [2.05, 4.69) is 0 Å². The molecule has 0 aliphatic heterocycles. The Balaban J connectivity index is 3.53. The normalized spacial score (nSPS) is 24.1. The van der Waals surface area contributed by atoms with Gasteiger partial charge in [0.25, 0.3) is 0 Å². The molecule has 0 aromatic carbocycles. The van der Waals surface area contributed by atoms with Crippen LogP contribution in [0.4, 0.5) is 0 Å². The van der Waals surface area contributed by atoms with E-state index < -0.39 is 40.2 Å². The first-order chi connectivity index (χ1) is 11.9. The smallest absolute Gasteiger partial charge is 0.200 e. The monoisotopic (exact) mass is 362 g/mol. The Morgan fingerprint density at radius 2 is 1.77 bits per heavy atom. The van der Waals surface area contributed by atoms with Crippen molar-refractivity contribution >= 4 is 17.3 Å². The summed E-state index contributed by atoms with van der Waals surface area (Å²) in [6, 6.07) is 0. The molecule has 2 atom stereocenters. The molecule has 2 N–H and O–H groups in total.